The molecular weight excluding hydrogens is 998 g/mol. The molecule has 7 rings (SSSR count). The molecule has 8 amide bonds. The molecule has 1 aromatic heterocycles. The number of likely N-dealkylation sites (N-methyl/N-ethyl adjacent to an activating group) is 1. The van der Waals surface area contributed by atoms with Gasteiger partial charge in [-0.05, 0) is 82.1 Å². The highest BCUT2D eigenvalue weighted by Crippen LogP contribution is 2.42. The van der Waals surface area contributed by atoms with Crippen molar-refractivity contribution in [3.8, 4) is 0 Å². The molecule has 74 heavy (non-hydrogen) atoms. The summed E-state index contributed by atoms with van der Waals surface area (Å²) in [6, 6.07) is 5.50. The third-order valence-corrected chi connectivity index (χ3v) is 13.5. The minimum absolute atomic E-state index is 0.0539. The number of benzene rings is 2. The van der Waals surface area contributed by atoms with Gasteiger partial charge in [0, 0.05) is 72.8 Å². The summed E-state index contributed by atoms with van der Waals surface area (Å²) in [5.41, 5.74) is 6.99. The summed E-state index contributed by atoms with van der Waals surface area (Å²) in [7, 11) is -1.58. The molecule has 0 spiro atoms. The number of piperidine rings is 1. The number of nitrogens with one attached hydrogen (secondary N) is 6. The van der Waals surface area contributed by atoms with Crippen LogP contribution in [0, 0.1) is 0 Å². The number of aromatic nitrogens is 1. The van der Waals surface area contributed by atoms with Gasteiger partial charge in [0.25, 0.3) is 11.8 Å². The van der Waals surface area contributed by atoms with E-state index in [0.717, 1.165) is 23.4 Å². The topological polar surface area (TPSA) is 326 Å². The zero-order valence-electron chi connectivity index (χ0n) is 40.6. The molecule has 1 unspecified atom stereocenters. The molecule has 0 bridgehead atoms. The van der Waals surface area contributed by atoms with Crippen LogP contribution in [0.1, 0.15) is 76.9 Å². The molecule has 2 aromatic carbocycles. The molecule has 0 radical (unpaired) electrons. The Kier molecular flexibility index (Phi) is 19.0. The fourth-order valence-corrected chi connectivity index (χ4v) is 9.78. The number of nitrogens with two attached hydrogens (primary N) is 1. The van der Waals surface area contributed by atoms with E-state index in [4.69, 9.17) is 29.7 Å². The van der Waals surface area contributed by atoms with Crippen molar-refractivity contribution in [1.82, 2.24) is 41.0 Å². The number of alkyl halides is 2. The van der Waals surface area contributed by atoms with E-state index in [1.54, 1.807) is 19.2 Å². The number of carbonyl (C=O) groups is 8. The van der Waals surface area contributed by atoms with Crippen molar-refractivity contribution in [3.05, 3.63) is 64.8 Å². The van der Waals surface area contributed by atoms with E-state index < -0.39 is 79.9 Å². The third kappa shape index (κ3) is 14.1. The Hall–Kier alpha value is -6.25. The SMILES string of the molecule is CN1CC[C@H]2CC[C@@H](C(=O)N[C@@H](CCC(N)=O)C(=O)NCCOCCOCCOCCNc3cccc4c3CN(C3CCC(=O)NC3=O)C4=O)N2C(=O)[C@@H](NC(=O)c2cc3cc(C(F)(F)OP(O)O)ccc3[nH]2)C1. The van der Waals surface area contributed by atoms with Crippen molar-refractivity contribution in [2.75, 3.05) is 78.2 Å². The van der Waals surface area contributed by atoms with E-state index in [-0.39, 0.29) is 107 Å². The van der Waals surface area contributed by atoms with Gasteiger partial charge in [0.1, 0.15) is 29.9 Å². The Labute approximate surface area is 424 Å². The number of hydrogen-bond acceptors (Lipinski definition) is 16. The van der Waals surface area contributed by atoms with Crippen molar-refractivity contribution in [3.63, 3.8) is 0 Å². The Bertz CT molecular complexity index is 2570. The second kappa shape index (κ2) is 25.3. The summed E-state index contributed by atoms with van der Waals surface area (Å²) < 4.78 is 49.6. The van der Waals surface area contributed by atoms with Gasteiger partial charge >= 0.3 is 14.7 Å². The minimum Gasteiger partial charge on any atom is -0.382 e. The number of amides is 8. The Morgan fingerprint density at radius 2 is 1.66 bits per heavy atom. The number of nitrogens with zero attached hydrogens (tertiary/aromatic N) is 3. The smallest absolute Gasteiger partial charge is 0.382 e. The van der Waals surface area contributed by atoms with Gasteiger partial charge in [0.2, 0.25) is 35.4 Å². The van der Waals surface area contributed by atoms with Crippen molar-refractivity contribution >= 4 is 72.5 Å². The van der Waals surface area contributed by atoms with Crippen LogP contribution in [0.4, 0.5) is 14.5 Å². The Morgan fingerprint density at radius 1 is 0.932 bits per heavy atom. The number of imide groups is 1. The summed E-state index contributed by atoms with van der Waals surface area (Å²) in [6.45, 7) is 2.83. The summed E-state index contributed by atoms with van der Waals surface area (Å²) in [5, 5.41) is 13.9. The van der Waals surface area contributed by atoms with Crippen molar-refractivity contribution < 1.29 is 75.7 Å². The fourth-order valence-electron chi connectivity index (χ4n) is 9.47. The number of ether oxygens (including phenoxy) is 3. The first-order valence-electron chi connectivity index (χ1n) is 24.2. The Balaban J connectivity index is 0.816. The van der Waals surface area contributed by atoms with E-state index >= 15 is 0 Å². The van der Waals surface area contributed by atoms with Crippen LogP contribution in [0.15, 0.2) is 42.5 Å². The number of carbonyl (C=O) groups excluding carboxylic acids is 8. The Morgan fingerprint density at radius 3 is 2.38 bits per heavy atom. The highest BCUT2D eigenvalue weighted by molar-refractivity contribution is 7.39. The molecular formula is C47H61F2N10O14P. The first-order valence-corrected chi connectivity index (χ1v) is 25.4. The van der Waals surface area contributed by atoms with Crippen LogP contribution >= 0.6 is 8.60 Å². The van der Waals surface area contributed by atoms with Crippen LogP contribution in [0.25, 0.3) is 10.9 Å². The highest BCUT2D eigenvalue weighted by Gasteiger charge is 2.46. The van der Waals surface area contributed by atoms with E-state index in [1.165, 1.54) is 21.9 Å². The summed E-state index contributed by atoms with van der Waals surface area (Å²) in [4.78, 5) is 130. The van der Waals surface area contributed by atoms with Crippen molar-refractivity contribution in [2.45, 2.75) is 87.8 Å². The predicted octanol–water partition coefficient (Wildman–Crippen LogP) is 0.0282. The number of fused-ring (bicyclic) bond motifs is 3. The molecule has 27 heteroatoms. The number of aromatic amines is 1. The summed E-state index contributed by atoms with van der Waals surface area (Å²) >= 11 is 0. The van der Waals surface area contributed by atoms with Gasteiger partial charge in [-0.2, -0.15) is 8.78 Å². The normalized spacial score (nSPS) is 20.7. The number of rotatable bonds is 25. The second-order valence-corrected chi connectivity index (χ2v) is 19.0. The van der Waals surface area contributed by atoms with Crippen LogP contribution in [0.2, 0.25) is 0 Å². The summed E-state index contributed by atoms with van der Waals surface area (Å²) in [6.07, 6.45) is -2.65. The predicted molar refractivity (Wildman–Crippen MR) is 258 cm³/mol. The van der Waals surface area contributed by atoms with Crippen LogP contribution in [0.5, 0.6) is 0 Å². The average molecular weight is 1060 g/mol. The van der Waals surface area contributed by atoms with Gasteiger partial charge in [0.15, 0.2) is 0 Å². The molecule has 4 aliphatic rings. The molecule has 0 aliphatic carbocycles. The van der Waals surface area contributed by atoms with Gasteiger partial charge < -0.3 is 70.7 Å². The lowest BCUT2D eigenvalue weighted by atomic mass is 10.0. The molecule has 402 valence electrons. The number of H-pyrrole nitrogens is 1. The van der Waals surface area contributed by atoms with E-state index in [1.807, 2.05) is 11.0 Å². The minimum atomic E-state index is -4.03. The number of primary amides is 1. The van der Waals surface area contributed by atoms with Gasteiger partial charge in [-0.15, -0.1) is 0 Å². The molecule has 0 saturated carbocycles. The van der Waals surface area contributed by atoms with Crippen LogP contribution in [-0.4, -0.2) is 180 Å². The van der Waals surface area contributed by atoms with Gasteiger partial charge in [-0.25, -0.2) is 4.52 Å². The number of anilines is 1. The molecule has 3 aromatic rings. The quantitative estimate of drug-likeness (QED) is 0.0307. The van der Waals surface area contributed by atoms with E-state index in [2.05, 4.69) is 36.1 Å². The first-order chi connectivity index (χ1) is 35.4. The van der Waals surface area contributed by atoms with E-state index in [0.29, 0.717) is 50.2 Å². The molecule has 4 aliphatic heterocycles. The zero-order valence-corrected chi connectivity index (χ0v) is 41.5. The van der Waals surface area contributed by atoms with Crippen molar-refractivity contribution in [1.29, 1.82) is 0 Å². The van der Waals surface area contributed by atoms with Crippen molar-refractivity contribution in [2.24, 2.45) is 5.73 Å². The van der Waals surface area contributed by atoms with Gasteiger partial charge in [-0.3, -0.25) is 43.7 Å². The lowest BCUT2D eigenvalue weighted by Crippen LogP contribution is -2.61. The van der Waals surface area contributed by atoms with Crippen LogP contribution in [-0.2, 0) is 60.2 Å². The molecule has 10 N–H and O–H groups in total. The maximum absolute atomic E-state index is 14.4. The first kappa shape index (κ1) is 55.5. The maximum atomic E-state index is 14.4. The molecule has 5 atom stereocenters. The monoisotopic (exact) mass is 1060 g/mol. The zero-order chi connectivity index (χ0) is 53.1. The highest BCUT2D eigenvalue weighted by atomic mass is 31.2. The van der Waals surface area contributed by atoms with Gasteiger partial charge in [0.05, 0.1) is 45.2 Å². The fraction of sp³-hybridized carbons (Fsp3) is 0.532. The second-order valence-electron chi connectivity index (χ2n) is 18.3. The largest absolute Gasteiger partial charge is 0.389 e. The van der Waals surface area contributed by atoms with Crippen LogP contribution < -0.4 is 32.3 Å². The summed E-state index contributed by atoms with van der Waals surface area (Å²) in [5.74, 6) is -4.25. The lowest BCUT2D eigenvalue weighted by Gasteiger charge is -2.37. The van der Waals surface area contributed by atoms with E-state index in [9.17, 15) is 47.1 Å². The lowest BCUT2D eigenvalue weighted by molar-refractivity contribution is -0.189. The third-order valence-electron chi connectivity index (χ3n) is 13.1. The molecule has 3 saturated heterocycles. The average Bonchev–Trinajstić information content (AvgIpc) is 4.07. The maximum Gasteiger partial charge on any atom is 0.389 e. The molecule has 3 fully saturated rings. The van der Waals surface area contributed by atoms with Gasteiger partial charge in [-0.1, -0.05) is 6.07 Å². The standard InChI is InChI=1S/C47H61F2N10O14P/c1-57-16-13-29-6-9-38(59(29)46(67)36(26-57)55-42(63)35-24-27-23-28(5-7-32(27)53-35)47(48,49)73-74(68)69)44(65)54-34(8-11-39(50)60)41(62)52-15-18-71-20-22-72-21-19-70-17-14-51-33-4-2-3-30-31(33)25-58(45(30)66)37-10-12-40(61)56-43(37)64/h2-5,7,23-24,29,34,36-38,51,53,68-69H,6,8-22,25-26H2,1H3,(H2,50,60)(H,52,62)(H,54,65)(H,55,63)(H,56,61,64)/t29-,34+,36+,37?,38+/m1/s1. The molecule has 5 heterocycles. The van der Waals surface area contributed by atoms with Crippen LogP contribution in [0.3, 0.4) is 0 Å². The number of hydrogen-bond donors (Lipinski definition) is 9. The number of halogens is 2. The molecule has 24 nitrogen and oxygen atoms in total.